The molecule has 0 unspecified atom stereocenters. The van der Waals surface area contributed by atoms with E-state index in [9.17, 15) is 4.79 Å². The molecule has 0 aliphatic rings. The molecule has 21 heavy (non-hydrogen) atoms. The van der Waals surface area contributed by atoms with Crippen LogP contribution in [0.25, 0.3) is 0 Å². The van der Waals surface area contributed by atoms with E-state index >= 15 is 0 Å². The van der Waals surface area contributed by atoms with E-state index < -0.39 is 0 Å². The van der Waals surface area contributed by atoms with Gasteiger partial charge in [-0.1, -0.05) is 12.1 Å². The Balaban J connectivity index is 2.00. The summed E-state index contributed by atoms with van der Waals surface area (Å²) in [6, 6.07) is 10.8. The van der Waals surface area contributed by atoms with E-state index in [2.05, 4.69) is 0 Å². The maximum atomic E-state index is 11.6. The zero-order valence-corrected chi connectivity index (χ0v) is 12.1. The van der Waals surface area contributed by atoms with Gasteiger partial charge >= 0.3 is 0 Å². The average molecular weight is 288 g/mol. The van der Waals surface area contributed by atoms with Crippen molar-refractivity contribution in [3.8, 4) is 11.5 Å². The van der Waals surface area contributed by atoms with Crippen LogP contribution in [0.15, 0.2) is 47.4 Å². The standard InChI is InChI=1S/C16H20N2O3/c1-20-15-12-13(7-8-17)5-6-14(15)21-11-10-18-9-3-2-4-16(18)19/h2-6,9,12H,7-8,10-11,17H2,1H3. The number of rotatable bonds is 7. The lowest BCUT2D eigenvalue weighted by molar-refractivity contribution is 0.278. The van der Waals surface area contributed by atoms with Crippen molar-refractivity contribution in [1.82, 2.24) is 4.57 Å². The van der Waals surface area contributed by atoms with Crippen LogP contribution < -0.4 is 20.8 Å². The van der Waals surface area contributed by atoms with Crippen molar-refractivity contribution < 1.29 is 9.47 Å². The summed E-state index contributed by atoms with van der Waals surface area (Å²) < 4.78 is 12.6. The van der Waals surface area contributed by atoms with Crippen molar-refractivity contribution >= 4 is 0 Å². The molecule has 2 N–H and O–H groups in total. The van der Waals surface area contributed by atoms with Gasteiger partial charge in [0.05, 0.1) is 13.7 Å². The summed E-state index contributed by atoms with van der Waals surface area (Å²) in [4.78, 5) is 11.6. The summed E-state index contributed by atoms with van der Waals surface area (Å²) in [6.45, 7) is 1.49. The van der Waals surface area contributed by atoms with Crippen LogP contribution in [0.1, 0.15) is 5.56 Å². The van der Waals surface area contributed by atoms with Crippen LogP contribution >= 0.6 is 0 Å². The Morgan fingerprint density at radius 2 is 2.05 bits per heavy atom. The Hall–Kier alpha value is -2.27. The quantitative estimate of drug-likeness (QED) is 0.837. The van der Waals surface area contributed by atoms with Gasteiger partial charge in [-0.3, -0.25) is 4.79 Å². The molecule has 2 rings (SSSR count). The minimum Gasteiger partial charge on any atom is -0.493 e. The van der Waals surface area contributed by atoms with Crippen LogP contribution in [0.2, 0.25) is 0 Å². The number of methoxy groups -OCH3 is 1. The van der Waals surface area contributed by atoms with Gasteiger partial charge in [0.2, 0.25) is 0 Å². The van der Waals surface area contributed by atoms with Gasteiger partial charge < -0.3 is 19.8 Å². The first-order chi connectivity index (χ1) is 10.2. The Labute approximate surface area is 123 Å². The van der Waals surface area contributed by atoms with E-state index in [0.29, 0.717) is 31.2 Å². The van der Waals surface area contributed by atoms with E-state index in [0.717, 1.165) is 12.0 Å². The molecule has 0 bridgehead atoms. The molecule has 1 aromatic heterocycles. The number of hydrogen-bond acceptors (Lipinski definition) is 4. The highest BCUT2D eigenvalue weighted by Gasteiger charge is 2.06. The monoisotopic (exact) mass is 288 g/mol. The molecule has 5 nitrogen and oxygen atoms in total. The molecule has 0 radical (unpaired) electrons. The minimum atomic E-state index is -0.0358. The highest BCUT2D eigenvalue weighted by Crippen LogP contribution is 2.28. The van der Waals surface area contributed by atoms with Gasteiger partial charge in [0.25, 0.3) is 5.56 Å². The third-order valence-corrected chi connectivity index (χ3v) is 3.15. The van der Waals surface area contributed by atoms with Crippen LogP contribution in [0.4, 0.5) is 0 Å². The lowest BCUT2D eigenvalue weighted by Gasteiger charge is -2.12. The number of nitrogens with zero attached hydrogens (tertiary/aromatic N) is 1. The molecule has 0 amide bonds. The fourth-order valence-electron chi connectivity index (χ4n) is 2.05. The molecule has 1 aromatic carbocycles. The molecular formula is C16H20N2O3. The molecule has 0 aliphatic carbocycles. The van der Waals surface area contributed by atoms with Crippen LogP contribution in [0.5, 0.6) is 11.5 Å². The van der Waals surface area contributed by atoms with E-state index in [1.54, 1.807) is 23.9 Å². The molecule has 0 saturated heterocycles. The van der Waals surface area contributed by atoms with Crippen LogP contribution in [0.3, 0.4) is 0 Å². The van der Waals surface area contributed by atoms with Gasteiger partial charge in [-0.05, 0) is 36.7 Å². The SMILES string of the molecule is COc1cc(CCN)ccc1OCCn1ccccc1=O. The van der Waals surface area contributed by atoms with Crippen molar-refractivity contribution in [3.63, 3.8) is 0 Å². The summed E-state index contributed by atoms with van der Waals surface area (Å²) in [5.41, 5.74) is 6.62. The van der Waals surface area contributed by atoms with Crippen LogP contribution in [-0.2, 0) is 13.0 Å². The average Bonchev–Trinajstić information content (AvgIpc) is 2.50. The first-order valence-electron chi connectivity index (χ1n) is 6.90. The highest BCUT2D eigenvalue weighted by molar-refractivity contribution is 5.43. The number of nitrogens with two attached hydrogens (primary N) is 1. The third-order valence-electron chi connectivity index (χ3n) is 3.15. The topological polar surface area (TPSA) is 66.5 Å². The summed E-state index contributed by atoms with van der Waals surface area (Å²) in [7, 11) is 1.61. The van der Waals surface area contributed by atoms with Gasteiger partial charge in [-0.25, -0.2) is 0 Å². The predicted molar refractivity (Wildman–Crippen MR) is 81.9 cm³/mol. The fraction of sp³-hybridized carbons (Fsp3) is 0.312. The molecule has 0 atom stereocenters. The maximum Gasteiger partial charge on any atom is 0.250 e. The van der Waals surface area contributed by atoms with Crippen molar-refractivity contribution in [2.75, 3.05) is 20.3 Å². The zero-order valence-electron chi connectivity index (χ0n) is 12.1. The molecule has 0 fully saturated rings. The molecule has 2 aromatic rings. The van der Waals surface area contributed by atoms with E-state index in [-0.39, 0.29) is 5.56 Å². The smallest absolute Gasteiger partial charge is 0.250 e. The van der Waals surface area contributed by atoms with Crippen LogP contribution in [-0.4, -0.2) is 24.8 Å². The summed E-state index contributed by atoms with van der Waals surface area (Å²) in [5, 5.41) is 0. The van der Waals surface area contributed by atoms with E-state index in [1.165, 1.54) is 6.07 Å². The second-order valence-corrected chi connectivity index (χ2v) is 4.60. The Morgan fingerprint density at radius 3 is 2.76 bits per heavy atom. The molecule has 112 valence electrons. The minimum absolute atomic E-state index is 0.0358. The molecule has 0 saturated carbocycles. The van der Waals surface area contributed by atoms with Gasteiger partial charge in [0.1, 0.15) is 6.61 Å². The Kier molecular flexibility index (Phi) is 5.40. The zero-order chi connectivity index (χ0) is 15.1. The maximum absolute atomic E-state index is 11.6. The lowest BCUT2D eigenvalue weighted by Crippen LogP contribution is -2.21. The molecule has 0 aliphatic heterocycles. The fourth-order valence-corrected chi connectivity index (χ4v) is 2.05. The number of benzene rings is 1. The first kappa shape index (κ1) is 15.1. The van der Waals surface area contributed by atoms with E-state index in [1.807, 2.05) is 24.3 Å². The normalized spacial score (nSPS) is 10.4. The van der Waals surface area contributed by atoms with Gasteiger partial charge in [-0.2, -0.15) is 0 Å². The van der Waals surface area contributed by atoms with Gasteiger partial charge in [0.15, 0.2) is 11.5 Å². The second-order valence-electron chi connectivity index (χ2n) is 4.60. The molecule has 1 heterocycles. The molecule has 0 spiro atoms. The number of aromatic nitrogens is 1. The van der Waals surface area contributed by atoms with Crippen molar-refractivity contribution in [2.24, 2.45) is 5.73 Å². The largest absolute Gasteiger partial charge is 0.493 e. The van der Waals surface area contributed by atoms with Crippen molar-refractivity contribution in [1.29, 1.82) is 0 Å². The Bertz CT molecular complexity index is 637. The summed E-state index contributed by atoms with van der Waals surface area (Å²) in [6.07, 6.45) is 2.54. The molecule has 5 heteroatoms. The second kappa shape index (κ2) is 7.50. The van der Waals surface area contributed by atoms with Crippen LogP contribution in [0, 0.1) is 0 Å². The summed E-state index contributed by atoms with van der Waals surface area (Å²) in [5.74, 6) is 1.35. The van der Waals surface area contributed by atoms with Crippen molar-refractivity contribution in [2.45, 2.75) is 13.0 Å². The van der Waals surface area contributed by atoms with Crippen molar-refractivity contribution in [3.05, 3.63) is 58.5 Å². The Morgan fingerprint density at radius 1 is 1.19 bits per heavy atom. The van der Waals surface area contributed by atoms with E-state index in [4.69, 9.17) is 15.2 Å². The highest BCUT2D eigenvalue weighted by atomic mass is 16.5. The lowest BCUT2D eigenvalue weighted by atomic mass is 10.1. The number of ether oxygens (including phenoxy) is 2. The predicted octanol–water partition coefficient (Wildman–Crippen LogP) is 1.44. The van der Waals surface area contributed by atoms with Gasteiger partial charge in [-0.15, -0.1) is 0 Å². The third kappa shape index (κ3) is 4.10. The van der Waals surface area contributed by atoms with Gasteiger partial charge in [0, 0.05) is 12.3 Å². The summed E-state index contributed by atoms with van der Waals surface area (Å²) >= 11 is 0. The number of pyridine rings is 1. The number of hydrogen-bond donors (Lipinski definition) is 1. The first-order valence-corrected chi connectivity index (χ1v) is 6.90. The molecular weight excluding hydrogens is 268 g/mol.